The molecule has 7 aromatic carbocycles. The summed E-state index contributed by atoms with van der Waals surface area (Å²) in [6.07, 6.45) is 0. The number of rotatable bonds is 3. The molecular weight excluding hydrogens is 512 g/mol. The quantitative estimate of drug-likeness (QED) is 0.224. The molecule has 196 valence electrons. The molecule has 2 heteroatoms. The molecule has 0 unspecified atom stereocenters. The van der Waals surface area contributed by atoms with Gasteiger partial charge in [-0.2, -0.15) is 0 Å². The van der Waals surface area contributed by atoms with E-state index < -0.39 is 0 Å². The molecule has 0 amide bonds. The Morgan fingerprint density at radius 1 is 0.310 bits per heavy atom. The van der Waals surface area contributed by atoms with Crippen molar-refractivity contribution in [2.45, 2.75) is 0 Å². The van der Waals surface area contributed by atoms with Crippen LogP contribution >= 0.6 is 0 Å². The Hall–Kier alpha value is -5.60. The molecular formula is C40H24O2. The lowest BCUT2D eigenvalue weighted by Gasteiger charge is -2.22. The molecule has 0 fully saturated rings. The van der Waals surface area contributed by atoms with Gasteiger partial charge in [0, 0.05) is 32.8 Å². The third-order valence-corrected chi connectivity index (χ3v) is 8.52. The standard InChI is InChI=1S/C40H24O2/c1-2-9-25(10-3-1)29-12-6-16-34-35-17-7-13-30(40(35)42-39(29)34)27-21-19-26(20-22-27)28-23-24-37-38-32(28)14-8-15-33(38)31-11-4-5-18-36(31)41-37/h1-24H. The SMILES string of the molecule is c1ccc(-c2cccc3c2oc2c(-c4ccc(-c5ccc6c7c(cccc57)-c5ccccc5O6)cc4)cccc23)cc1. The van der Waals surface area contributed by atoms with Crippen molar-refractivity contribution < 1.29 is 9.15 Å². The molecule has 2 heterocycles. The van der Waals surface area contributed by atoms with Crippen LogP contribution in [-0.4, -0.2) is 0 Å². The Balaban J connectivity index is 1.16. The van der Waals surface area contributed by atoms with E-state index in [2.05, 4.69) is 127 Å². The van der Waals surface area contributed by atoms with Crippen LogP contribution in [0.5, 0.6) is 11.5 Å². The first-order valence-electron chi connectivity index (χ1n) is 14.3. The maximum Gasteiger partial charge on any atom is 0.143 e. The normalized spacial score (nSPS) is 12.0. The maximum absolute atomic E-state index is 6.66. The fourth-order valence-electron chi connectivity index (χ4n) is 6.55. The summed E-state index contributed by atoms with van der Waals surface area (Å²) in [5.41, 5.74) is 11.1. The second-order valence-electron chi connectivity index (χ2n) is 10.8. The molecule has 8 aromatic rings. The van der Waals surface area contributed by atoms with E-state index in [0.717, 1.165) is 61.3 Å². The molecule has 9 rings (SSSR count). The zero-order chi connectivity index (χ0) is 27.6. The van der Waals surface area contributed by atoms with Crippen LogP contribution in [0.25, 0.3) is 77.2 Å². The first-order chi connectivity index (χ1) is 20.8. The van der Waals surface area contributed by atoms with Crippen LogP contribution < -0.4 is 4.74 Å². The Bertz CT molecular complexity index is 2310. The molecule has 1 aliphatic rings. The highest BCUT2D eigenvalue weighted by atomic mass is 16.5. The average molecular weight is 537 g/mol. The van der Waals surface area contributed by atoms with Crippen molar-refractivity contribution in [3.05, 3.63) is 146 Å². The molecule has 0 atom stereocenters. The minimum atomic E-state index is 0.908. The summed E-state index contributed by atoms with van der Waals surface area (Å²) < 4.78 is 13.0. The highest BCUT2D eigenvalue weighted by molar-refractivity contribution is 6.13. The van der Waals surface area contributed by atoms with Crippen molar-refractivity contribution in [1.82, 2.24) is 0 Å². The zero-order valence-electron chi connectivity index (χ0n) is 22.7. The molecule has 42 heavy (non-hydrogen) atoms. The van der Waals surface area contributed by atoms with E-state index in [1.54, 1.807) is 0 Å². The third-order valence-electron chi connectivity index (χ3n) is 8.52. The molecule has 0 saturated carbocycles. The Morgan fingerprint density at radius 2 is 0.857 bits per heavy atom. The van der Waals surface area contributed by atoms with E-state index in [0.29, 0.717) is 0 Å². The van der Waals surface area contributed by atoms with Gasteiger partial charge < -0.3 is 9.15 Å². The number of furan rings is 1. The topological polar surface area (TPSA) is 22.4 Å². The van der Waals surface area contributed by atoms with Crippen LogP contribution in [0.4, 0.5) is 0 Å². The summed E-state index contributed by atoms with van der Waals surface area (Å²) in [4.78, 5) is 0. The number of hydrogen-bond acceptors (Lipinski definition) is 2. The summed E-state index contributed by atoms with van der Waals surface area (Å²) in [6, 6.07) is 51.2. The van der Waals surface area contributed by atoms with E-state index >= 15 is 0 Å². The number of para-hydroxylation sites is 3. The van der Waals surface area contributed by atoms with Gasteiger partial charge in [0.25, 0.3) is 0 Å². The summed E-state index contributed by atoms with van der Waals surface area (Å²) in [5.74, 6) is 1.82. The van der Waals surface area contributed by atoms with Crippen molar-refractivity contribution in [2.75, 3.05) is 0 Å². The predicted octanol–water partition coefficient (Wildman–Crippen LogP) is 11.5. The molecule has 2 nitrogen and oxygen atoms in total. The monoisotopic (exact) mass is 536 g/mol. The van der Waals surface area contributed by atoms with Crippen molar-refractivity contribution >= 4 is 32.7 Å². The van der Waals surface area contributed by atoms with E-state index in [1.807, 2.05) is 18.2 Å². The molecule has 1 aliphatic heterocycles. The fourth-order valence-corrected chi connectivity index (χ4v) is 6.55. The average Bonchev–Trinajstić information content (AvgIpc) is 3.45. The largest absolute Gasteiger partial charge is 0.456 e. The summed E-state index contributed by atoms with van der Waals surface area (Å²) >= 11 is 0. The maximum atomic E-state index is 6.66. The highest BCUT2D eigenvalue weighted by Gasteiger charge is 2.21. The Morgan fingerprint density at radius 3 is 1.57 bits per heavy atom. The van der Waals surface area contributed by atoms with E-state index in [4.69, 9.17) is 9.15 Å². The number of fused-ring (bicyclic) bond motifs is 5. The van der Waals surface area contributed by atoms with Crippen molar-refractivity contribution in [2.24, 2.45) is 0 Å². The first-order valence-corrected chi connectivity index (χ1v) is 14.3. The zero-order valence-corrected chi connectivity index (χ0v) is 22.7. The minimum absolute atomic E-state index is 0.908. The molecule has 0 saturated heterocycles. The number of benzene rings is 7. The van der Waals surface area contributed by atoms with Gasteiger partial charge in [0.05, 0.1) is 0 Å². The smallest absolute Gasteiger partial charge is 0.143 e. The second-order valence-corrected chi connectivity index (χ2v) is 10.8. The van der Waals surface area contributed by atoms with E-state index in [-0.39, 0.29) is 0 Å². The van der Waals surface area contributed by atoms with Crippen LogP contribution in [0.3, 0.4) is 0 Å². The van der Waals surface area contributed by atoms with Crippen molar-refractivity contribution in [1.29, 1.82) is 0 Å². The van der Waals surface area contributed by atoms with Gasteiger partial charge in [-0.15, -0.1) is 0 Å². The van der Waals surface area contributed by atoms with Gasteiger partial charge in [-0.25, -0.2) is 0 Å². The molecule has 1 aromatic heterocycles. The summed E-state index contributed by atoms with van der Waals surface area (Å²) in [6.45, 7) is 0. The minimum Gasteiger partial charge on any atom is -0.456 e. The van der Waals surface area contributed by atoms with Gasteiger partial charge in [-0.1, -0.05) is 133 Å². The Kier molecular flexibility index (Phi) is 4.93. The predicted molar refractivity (Wildman–Crippen MR) is 173 cm³/mol. The highest BCUT2D eigenvalue weighted by Crippen LogP contribution is 2.48. The molecule has 0 radical (unpaired) electrons. The third kappa shape index (κ3) is 3.39. The number of hydrogen-bond donors (Lipinski definition) is 0. The van der Waals surface area contributed by atoms with E-state index in [1.165, 1.54) is 27.5 Å². The second kappa shape index (κ2) is 8.95. The van der Waals surface area contributed by atoms with Gasteiger partial charge in [-0.3, -0.25) is 0 Å². The summed E-state index contributed by atoms with van der Waals surface area (Å²) in [5, 5.41) is 4.63. The van der Waals surface area contributed by atoms with Crippen LogP contribution in [0.2, 0.25) is 0 Å². The molecule has 0 N–H and O–H groups in total. The van der Waals surface area contributed by atoms with Crippen molar-refractivity contribution in [3.8, 4) is 56.0 Å². The lowest BCUT2D eigenvalue weighted by atomic mass is 9.90. The first kappa shape index (κ1) is 23.1. The molecule has 0 aliphatic carbocycles. The number of ether oxygens (including phenoxy) is 1. The fraction of sp³-hybridized carbons (Fsp3) is 0. The lowest BCUT2D eigenvalue weighted by molar-refractivity contribution is 0.487. The van der Waals surface area contributed by atoms with E-state index in [9.17, 15) is 0 Å². The van der Waals surface area contributed by atoms with Crippen molar-refractivity contribution in [3.63, 3.8) is 0 Å². The summed E-state index contributed by atoms with van der Waals surface area (Å²) in [7, 11) is 0. The van der Waals surface area contributed by atoms with Crippen LogP contribution in [0.15, 0.2) is 150 Å². The van der Waals surface area contributed by atoms with Crippen LogP contribution in [0.1, 0.15) is 0 Å². The van der Waals surface area contributed by atoms with Crippen LogP contribution in [0, 0.1) is 0 Å². The van der Waals surface area contributed by atoms with Gasteiger partial charge in [-0.05, 0) is 45.3 Å². The van der Waals surface area contributed by atoms with Gasteiger partial charge in [0.1, 0.15) is 22.7 Å². The molecule has 0 bridgehead atoms. The Labute approximate surface area is 243 Å². The molecule has 0 spiro atoms. The van der Waals surface area contributed by atoms with Gasteiger partial charge in [0.15, 0.2) is 0 Å². The van der Waals surface area contributed by atoms with Gasteiger partial charge in [0.2, 0.25) is 0 Å². The van der Waals surface area contributed by atoms with Crippen LogP contribution in [-0.2, 0) is 0 Å². The van der Waals surface area contributed by atoms with Gasteiger partial charge >= 0.3 is 0 Å². The lowest BCUT2D eigenvalue weighted by Crippen LogP contribution is -1.97.